The molecule has 1 atom stereocenters. The molecule has 3 N–H and O–H groups in total. The van der Waals surface area contributed by atoms with Gasteiger partial charge >= 0.3 is 5.97 Å². The van der Waals surface area contributed by atoms with Gasteiger partial charge in [-0.05, 0) is 6.42 Å². The third-order valence-corrected chi connectivity index (χ3v) is 1.36. The number of aliphatic hydroxyl groups is 2. The average Bonchev–Trinajstić information content (AvgIpc) is 2.02. The zero-order valence-corrected chi connectivity index (χ0v) is 6.56. The molecule has 5 heteroatoms. The number of ketones is 1. The minimum atomic E-state index is -1.36. The largest absolute Gasteiger partial charge is 0.481 e. The minimum absolute atomic E-state index is 0.00593. The second-order valence-corrected chi connectivity index (χ2v) is 2.41. The molecule has 0 aromatic carbocycles. The summed E-state index contributed by atoms with van der Waals surface area (Å²) in [6.45, 7) is -0.605. The first-order valence-corrected chi connectivity index (χ1v) is 3.61. The minimum Gasteiger partial charge on any atom is -0.481 e. The summed E-state index contributed by atoms with van der Waals surface area (Å²) >= 11 is 0. The van der Waals surface area contributed by atoms with Crippen molar-refractivity contribution in [1.29, 1.82) is 0 Å². The second kappa shape index (κ2) is 5.68. The van der Waals surface area contributed by atoms with Crippen molar-refractivity contribution in [2.75, 3.05) is 6.61 Å². The van der Waals surface area contributed by atoms with Crippen molar-refractivity contribution in [3.8, 4) is 0 Å². The Hall–Kier alpha value is -0.940. The molecule has 0 rings (SSSR count). The number of carboxylic acids is 1. The molecule has 0 saturated carbocycles. The lowest BCUT2D eigenvalue weighted by atomic mass is 10.1. The summed E-state index contributed by atoms with van der Waals surface area (Å²) in [6.07, 6.45) is -1.26. The Labute approximate surface area is 69.6 Å². The van der Waals surface area contributed by atoms with Crippen LogP contribution in [0.25, 0.3) is 0 Å². The van der Waals surface area contributed by atoms with Crippen LogP contribution < -0.4 is 0 Å². The van der Waals surface area contributed by atoms with E-state index in [9.17, 15) is 9.59 Å². The van der Waals surface area contributed by atoms with Crippen LogP contribution in [0.4, 0.5) is 0 Å². The molecule has 0 aliphatic rings. The first-order valence-electron chi connectivity index (χ1n) is 3.61. The molecular formula is C7H12O5. The molecule has 0 heterocycles. The predicted octanol–water partition coefficient (Wildman–Crippen LogP) is -0.836. The van der Waals surface area contributed by atoms with Crippen LogP contribution in [0.15, 0.2) is 0 Å². The summed E-state index contributed by atoms with van der Waals surface area (Å²) in [5, 5.41) is 25.3. The second-order valence-electron chi connectivity index (χ2n) is 2.41. The molecule has 0 aromatic heterocycles. The van der Waals surface area contributed by atoms with Crippen LogP contribution in [-0.4, -0.2) is 39.8 Å². The number of carbonyl (C=O) groups is 2. The van der Waals surface area contributed by atoms with Gasteiger partial charge in [-0.2, -0.15) is 0 Å². The molecule has 5 nitrogen and oxygen atoms in total. The molecule has 1 unspecified atom stereocenters. The number of carboxylic acid groups (broad SMARTS) is 1. The Bertz CT molecular complexity index is 165. The van der Waals surface area contributed by atoms with Gasteiger partial charge in [0, 0.05) is 12.8 Å². The maximum Gasteiger partial charge on any atom is 0.303 e. The van der Waals surface area contributed by atoms with Crippen molar-refractivity contribution in [3.63, 3.8) is 0 Å². The molecule has 0 spiro atoms. The summed E-state index contributed by atoms with van der Waals surface area (Å²) in [4.78, 5) is 20.7. The van der Waals surface area contributed by atoms with Crippen LogP contribution in [0.2, 0.25) is 0 Å². The Morgan fingerprint density at radius 1 is 1.25 bits per heavy atom. The first-order chi connectivity index (χ1) is 5.57. The Kier molecular flexibility index (Phi) is 5.23. The molecule has 0 radical (unpaired) electrons. The lowest BCUT2D eigenvalue weighted by Gasteiger charge is -2.03. The van der Waals surface area contributed by atoms with E-state index in [1.807, 2.05) is 0 Å². The zero-order valence-electron chi connectivity index (χ0n) is 6.56. The van der Waals surface area contributed by atoms with Crippen LogP contribution in [0, 0.1) is 0 Å². The van der Waals surface area contributed by atoms with E-state index in [-0.39, 0.29) is 19.3 Å². The highest BCUT2D eigenvalue weighted by Crippen LogP contribution is 1.99. The normalized spacial score (nSPS) is 12.5. The molecule has 0 fully saturated rings. The van der Waals surface area contributed by atoms with Gasteiger partial charge in [-0.25, -0.2) is 0 Å². The number of carbonyl (C=O) groups excluding carboxylic acids is 1. The van der Waals surface area contributed by atoms with E-state index in [1.165, 1.54) is 0 Å². The maximum atomic E-state index is 10.8. The van der Waals surface area contributed by atoms with Crippen LogP contribution in [-0.2, 0) is 9.59 Å². The molecular weight excluding hydrogens is 164 g/mol. The molecule has 0 aromatic rings. The van der Waals surface area contributed by atoms with Gasteiger partial charge in [-0.1, -0.05) is 0 Å². The fraction of sp³-hybridized carbons (Fsp3) is 0.714. The summed E-state index contributed by atoms with van der Waals surface area (Å²) in [5.74, 6) is -1.49. The fourth-order valence-corrected chi connectivity index (χ4v) is 0.682. The number of hydrogen-bond acceptors (Lipinski definition) is 4. The van der Waals surface area contributed by atoms with Gasteiger partial charge in [0.25, 0.3) is 0 Å². The topological polar surface area (TPSA) is 94.8 Å². The van der Waals surface area contributed by atoms with Crippen LogP contribution in [0.1, 0.15) is 19.3 Å². The average molecular weight is 176 g/mol. The van der Waals surface area contributed by atoms with E-state index in [1.54, 1.807) is 0 Å². The first kappa shape index (κ1) is 11.1. The van der Waals surface area contributed by atoms with Crippen molar-refractivity contribution in [2.45, 2.75) is 25.4 Å². The fourth-order valence-electron chi connectivity index (χ4n) is 0.682. The van der Waals surface area contributed by atoms with Crippen molar-refractivity contribution < 1.29 is 24.9 Å². The van der Waals surface area contributed by atoms with Crippen molar-refractivity contribution >= 4 is 11.8 Å². The molecule has 0 amide bonds. The number of rotatable bonds is 6. The van der Waals surface area contributed by atoms with Crippen LogP contribution in [0.3, 0.4) is 0 Å². The van der Waals surface area contributed by atoms with E-state index in [0.29, 0.717) is 0 Å². The molecule has 0 aliphatic carbocycles. The highest BCUT2D eigenvalue weighted by atomic mass is 16.4. The van der Waals surface area contributed by atoms with Gasteiger partial charge in [-0.15, -0.1) is 0 Å². The number of aliphatic carboxylic acids is 1. The standard InChI is InChI=1S/C7H12O5/c8-4-6(10)5(9)2-1-3-7(11)12/h6,8,10H,1-4H2,(H,11,12). The summed E-state index contributed by atoms with van der Waals surface area (Å²) in [6, 6.07) is 0. The third kappa shape index (κ3) is 4.81. The van der Waals surface area contributed by atoms with Crippen molar-refractivity contribution in [3.05, 3.63) is 0 Å². The monoisotopic (exact) mass is 176 g/mol. The van der Waals surface area contributed by atoms with Gasteiger partial charge in [0.05, 0.1) is 6.61 Å². The number of hydrogen-bond donors (Lipinski definition) is 3. The summed E-state index contributed by atoms with van der Waals surface area (Å²) in [7, 11) is 0. The molecule has 12 heavy (non-hydrogen) atoms. The zero-order chi connectivity index (χ0) is 9.56. The summed E-state index contributed by atoms with van der Waals surface area (Å²) < 4.78 is 0. The molecule has 0 saturated heterocycles. The van der Waals surface area contributed by atoms with E-state index in [2.05, 4.69) is 0 Å². The van der Waals surface area contributed by atoms with Crippen LogP contribution in [0.5, 0.6) is 0 Å². The van der Waals surface area contributed by atoms with Gasteiger partial charge in [0.2, 0.25) is 0 Å². The molecule has 0 bridgehead atoms. The number of aliphatic hydroxyl groups excluding tert-OH is 2. The van der Waals surface area contributed by atoms with Crippen molar-refractivity contribution in [2.24, 2.45) is 0 Å². The van der Waals surface area contributed by atoms with Crippen LogP contribution >= 0.6 is 0 Å². The highest BCUT2D eigenvalue weighted by molar-refractivity contribution is 5.83. The lowest BCUT2D eigenvalue weighted by Crippen LogP contribution is -2.24. The Balaban J connectivity index is 3.50. The van der Waals surface area contributed by atoms with E-state index >= 15 is 0 Å². The van der Waals surface area contributed by atoms with E-state index in [0.717, 1.165) is 0 Å². The Morgan fingerprint density at radius 2 is 1.83 bits per heavy atom. The Morgan fingerprint density at radius 3 is 2.25 bits per heavy atom. The predicted molar refractivity (Wildman–Crippen MR) is 39.6 cm³/mol. The van der Waals surface area contributed by atoms with E-state index < -0.39 is 24.5 Å². The van der Waals surface area contributed by atoms with Gasteiger partial charge < -0.3 is 15.3 Å². The molecule has 0 aliphatic heterocycles. The van der Waals surface area contributed by atoms with Crippen molar-refractivity contribution in [1.82, 2.24) is 0 Å². The summed E-state index contributed by atoms with van der Waals surface area (Å²) in [5.41, 5.74) is 0. The lowest BCUT2D eigenvalue weighted by molar-refractivity contribution is -0.137. The maximum absolute atomic E-state index is 10.8. The number of Topliss-reactive ketones (excluding diaryl/α,β-unsaturated/α-hetero) is 1. The highest BCUT2D eigenvalue weighted by Gasteiger charge is 2.13. The smallest absolute Gasteiger partial charge is 0.303 e. The quantitative estimate of drug-likeness (QED) is 0.490. The molecule has 70 valence electrons. The van der Waals surface area contributed by atoms with Gasteiger partial charge in [0.15, 0.2) is 5.78 Å². The van der Waals surface area contributed by atoms with E-state index in [4.69, 9.17) is 15.3 Å². The third-order valence-electron chi connectivity index (χ3n) is 1.36. The van der Waals surface area contributed by atoms with Gasteiger partial charge in [0.1, 0.15) is 6.10 Å². The SMILES string of the molecule is O=C(O)CCCC(=O)C(O)CO. The van der Waals surface area contributed by atoms with Gasteiger partial charge in [-0.3, -0.25) is 9.59 Å².